The lowest BCUT2D eigenvalue weighted by molar-refractivity contribution is -0.119. The minimum atomic E-state index is -0.561. The van der Waals surface area contributed by atoms with E-state index < -0.39 is 11.9 Å². The van der Waals surface area contributed by atoms with Crippen LogP contribution in [0.5, 0.6) is 5.75 Å². The molecule has 1 heterocycles. The zero-order chi connectivity index (χ0) is 19.6. The zero-order valence-electron chi connectivity index (χ0n) is 15.6. The molecule has 27 heavy (non-hydrogen) atoms. The predicted octanol–water partition coefficient (Wildman–Crippen LogP) is 3.29. The maximum atomic E-state index is 12.6. The van der Waals surface area contributed by atoms with Crippen LogP contribution in [0.15, 0.2) is 42.5 Å². The number of benzene rings is 2. The number of rotatable bonds is 6. The van der Waals surface area contributed by atoms with Crippen LogP contribution < -0.4 is 10.5 Å². The molecule has 0 aliphatic heterocycles. The Bertz CT molecular complexity index is 1000. The third-order valence-electron chi connectivity index (χ3n) is 4.33. The molecule has 0 unspecified atom stereocenters. The van der Waals surface area contributed by atoms with E-state index >= 15 is 0 Å². The van der Waals surface area contributed by atoms with E-state index in [9.17, 15) is 9.59 Å². The quantitative estimate of drug-likeness (QED) is 0.679. The highest BCUT2D eigenvalue weighted by Gasteiger charge is 2.22. The normalized spacial score (nSPS) is 10.8. The Morgan fingerprint density at radius 2 is 1.78 bits per heavy atom. The standard InChI is InChI=1S/C21H22N2O4/c1-4-26-21(25)20-14(3)23(15-7-5-13(2)6-8-15)18-10-9-16(11-17(18)20)27-12-19(22)24/h5-11H,4,12H2,1-3H3,(H2,22,24). The van der Waals surface area contributed by atoms with Gasteiger partial charge in [-0.15, -0.1) is 0 Å². The smallest absolute Gasteiger partial charge is 0.340 e. The lowest BCUT2D eigenvalue weighted by atomic mass is 10.1. The van der Waals surface area contributed by atoms with Gasteiger partial charge in [0, 0.05) is 16.8 Å². The van der Waals surface area contributed by atoms with E-state index in [1.807, 2.05) is 48.7 Å². The number of carbonyl (C=O) groups is 2. The third kappa shape index (κ3) is 3.65. The van der Waals surface area contributed by atoms with Gasteiger partial charge in [0.05, 0.1) is 17.7 Å². The maximum Gasteiger partial charge on any atom is 0.340 e. The minimum absolute atomic E-state index is 0.224. The molecule has 0 saturated carbocycles. The number of nitrogens with zero attached hydrogens (tertiary/aromatic N) is 1. The summed E-state index contributed by atoms with van der Waals surface area (Å²) in [6.07, 6.45) is 0. The van der Waals surface area contributed by atoms with Gasteiger partial charge < -0.3 is 19.8 Å². The van der Waals surface area contributed by atoms with Crippen molar-refractivity contribution in [2.75, 3.05) is 13.2 Å². The van der Waals surface area contributed by atoms with Crippen molar-refractivity contribution in [3.05, 3.63) is 59.3 Å². The van der Waals surface area contributed by atoms with Crippen LogP contribution in [0.4, 0.5) is 0 Å². The van der Waals surface area contributed by atoms with Crippen LogP contribution in [-0.4, -0.2) is 29.7 Å². The molecule has 0 fully saturated rings. The first-order valence-corrected chi connectivity index (χ1v) is 8.72. The lowest BCUT2D eigenvalue weighted by Gasteiger charge is -2.09. The van der Waals surface area contributed by atoms with Gasteiger partial charge in [0.1, 0.15) is 5.75 Å². The van der Waals surface area contributed by atoms with E-state index in [1.54, 1.807) is 19.1 Å². The fourth-order valence-electron chi connectivity index (χ4n) is 3.13. The lowest BCUT2D eigenvalue weighted by Crippen LogP contribution is -2.19. The molecule has 0 saturated heterocycles. The van der Waals surface area contributed by atoms with Gasteiger partial charge in [-0.1, -0.05) is 17.7 Å². The molecule has 0 atom stereocenters. The summed E-state index contributed by atoms with van der Waals surface area (Å²) in [6, 6.07) is 13.4. The van der Waals surface area contributed by atoms with Gasteiger partial charge >= 0.3 is 5.97 Å². The molecule has 0 aliphatic carbocycles. The van der Waals surface area contributed by atoms with Crippen molar-refractivity contribution >= 4 is 22.8 Å². The second-order valence-electron chi connectivity index (χ2n) is 6.29. The van der Waals surface area contributed by atoms with Crippen LogP contribution in [0, 0.1) is 13.8 Å². The molecule has 3 rings (SSSR count). The Balaban J connectivity index is 2.20. The fourth-order valence-corrected chi connectivity index (χ4v) is 3.13. The van der Waals surface area contributed by atoms with E-state index in [4.69, 9.17) is 15.2 Å². The van der Waals surface area contributed by atoms with Crippen molar-refractivity contribution in [1.82, 2.24) is 4.57 Å². The molecule has 0 aliphatic rings. The summed E-state index contributed by atoms with van der Waals surface area (Å²) >= 11 is 0. The predicted molar refractivity (Wildman–Crippen MR) is 103 cm³/mol. The molecule has 1 aromatic heterocycles. The topological polar surface area (TPSA) is 83.6 Å². The van der Waals surface area contributed by atoms with Crippen LogP contribution in [0.2, 0.25) is 0 Å². The highest BCUT2D eigenvalue weighted by Crippen LogP contribution is 2.32. The molecule has 0 radical (unpaired) electrons. The van der Waals surface area contributed by atoms with Gasteiger partial charge in [0.15, 0.2) is 6.61 Å². The largest absolute Gasteiger partial charge is 0.484 e. The Hall–Kier alpha value is -3.28. The molecule has 2 N–H and O–H groups in total. The van der Waals surface area contributed by atoms with E-state index in [-0.39, 0.29) is 13.2 Å². The fraction of sp³-hybridized carbons (Fsp3) is 0.238. The van der Waals surface area contributed by atoms with E-state index in [0.717, 1.165) is 22.5 Å². The van der Waals surface area contributed by atoms with E-state index in [0.29, 0.717) is 16.7 Å². The van der Waals surface area contributed by atoms with Crippen molar-refractivity contribution in [2.24, 2.45) is 5.73 Å². The minimum Gasteiger partial charge on any atom is -0.484 e. The first kappa shape index (κ1) is 18.5. The van der Waals surface area contributed by atoms with Gasteiger partial charge in [-0.2, -0.15) is 0 Å². The molecule has 6 heteroatoms. The summed E-state index contributed by atoms with van der Waals surface area (Å²) in [4.78, 5) is 23.6. The molecule has 140 valence electrons. The van der Waals surface area contributed by atoms with E-state index in [2.05, 4.69) is 0 Å². The highest BCUT2D eigenvalue weighted by atomic mass is 16.5. The Morgan fingerprint density at radius 1 is 1.07 bits per heavy atom. The number of ether oxygens (including phenoxy) is 2. The first-order chi connectivity index (χ1) is 12.9. The van der Waals surface area contributed by atoms with Crippen LogP contribution >= 0.6 is 0 Å². The summed E-state index contributed by atoms with van der Waals surface area (Å²) in [5.41, 5.74) is 9.36. The number of primary amides is 1. The summed E-state index contributed by atoms with van der Waals surface area (Å²) < 4.78 is 12.7. The molecule has 1 amide bonds. The second-order valence-corrected chi connectivity index (χ2v) is 6.29. The number of carbonyl (C=O) groups excluding carboxylic acids is 2. The number of hydrogen-bond donors (Lipinski definition) is 1. The van der Waals surface area contributed by atoms with Crippen LogP contribution in [-0.2, 0) is 9.53 Å². The number of fused-ring (bicyclic) bond motifs is 1. The van der Waals surface area contributed by atoms with Gasteiger partial charge in [0.2, 0.25) is 0 Å². The average molecular weight is 366 g/mol. The van der Waals surface area contributed by atoms with Gasteiger partial charge in [-0.25, -0.2) is 4.79 Å². The number of nitrogens with two attached hydrogens (primary N) is 1. The summed E-state index contributed by atoms with van der Waals surface area (Å²) in [5.74, 6) is -0.486. The number of amides is 1. The number of aryl methyl sites for hydroxylation is 1. The van der Waals surface area contributed by atoms with Crippen molar-refractivity contribution in [1.29, 1.82) is 0 Å². The summed E-state index contributed by atoms with van der Waals surface area (Å²) in [6.45, 7) is 5.74. The SMILES string of the molecule is CCOC(=O)c1c(C)n(-c2ccc(C)cc2)c2ccc(OCC(N)=O)cc12. The Kier molecular flexibility index (Phi) is 5.16. The third-order valence-corrected chi connectivity index (χ3v) is 4.33. The Labute approximate surface area is 157 Å². The van der Waals surface area contributed by atoms with Gasteiger partial charge in [-0.05, 0) is 51.1 Å². The molecule has 0 spiro atoms. The molecular formula is C21H22N2O4. The number of hydrogen-bond acceptors (Lipinski definition) is 4. The van der Waals surface area contributed by atoms with E-state index in [1.165, 1.54) is 0 Å². The number of esters is 1. The molecule has 6 nitrogen and oxygen atoms in total. The average Bonchev–Trinajstić information content (AvgIpc) is 2.92. The van der Waals surface area contributed by atoms with Gasteiger partial charge in [-0.3, -0.25) is 4.79 Å². The highest BCUT2D eigenvalue weighted by molar-refractivity contribution is 6.07. The summed E-state index contributed by atoms with van der Waals surface area (Å²) in [7, 11) is 0. The van der Waals surface area contributed by atoms with Crippen LogP contribution in [0.25, 0.3) is 16.6 Å². The van der Waals surface area contributed by atoms with Crippen LogP contribution in [0.1, 0.15) is 28.5 Å². The summed E-state index contributed by atoms with van der Waals surface area (Å²) in [5, 5.41) is 0.702. The molecule has 0 bridgehead atoms. The molecule has 2 aromatic carbocycles. The van der Waals surface area contributed by atoms with Crippen molar-refractivity contribution < 1.29 is 19.1 Å². The molecular weight excluding hydrogens is 344 g/mol. The second kappa shape index (κ2) is 7.53. The number of aromatic nitrogens is 1. The van der Waals surface area contributed by atoms with Crippen molar-refractivity contribution in [3.8, 4) is 11.4 Å². The zero-order valence-corrected chi connectivity index (χ0v) is 15.6. The first-order valence-electron chi connectivity index (χ1n) is 8.72. The monoisotopic (exact) mass is 366 g/mol. The molecule has 3 aromatic rings. The maximum absolute atomic E-state index is 12.6. The van der Waals surface area contributed by atoms with Crippen molar-refractivity contribution in [3.63, 3.8) is 0 Å². The van der Waals surface area contributed by atoms with Crippen molar-refractivity contribution in [2.45, 2.75) is 20.8 Å². The Morgan fingerprint density at radius 3 is 2.41 bits per heavy atom. The van der Waals surface area contributed by atoms with Gasteiger partial charge in [0.25, 0.3) is 5.91 Å². The van der Waals surface area contributed by atoms with Crippen LogP contribution in [0.3, 0.4) is 0 Å².